The first-order chi connectivity index (χ1) is 15.2. The minimum atomic E-state index is -2.21. The molecule has 0 amide bonds. The number of methoxy groups -OCH3 is 1. The Bertz CT molecular complexity index is 1110. The molecule has 4 atom stereocenters. The van der Waals surface area contributed by atoms with E-state index >= 15 is 4.39 Å². The van der Waals surface area contributed by atoms with Crippen LogP contribution in [0.5, 0.6) is 0 Å². The Morgan fingerprint density at radius 2 is 2.19 bits per heavy atom. The number of nitrogens with zero attached hydrogens (tertiary/aromatic N) is 1. The molecule has 0 spiro atoms. The highest BCUT2D eigenvalue weighted by Crippen LogP contribution is 2.40. The molecule has 4 rings (SSSR count). The number of halogens is 2. The highest BCUT2D eigenvalue weighted by molar-refractivity contribution is 8.26. The van der Waals surface area contributed by atoms with Crippen LogP contribution >= 0.6 is 9.39 Å². The fraction of sp³-hybridized carbons (Fsp3) is 0.391. The maximum atomic E-state index is 15.5. The summed E-state index contributed by atoms with van der Waals surface area (Å²) in [5.74, 6) is 6.31. The van der Waals surface area contributed by atoms with Crippen LogP contribution in [0.1, 0.15) is 19.8 Å². The summed E-state index contributed by atoms with van der Waals surface area (Å²) in [5, 5.41) is 7.09. The van der Waals surface area contributed by atoms with Crippen LogP contribution in [-0.2, 0) is 9.53 Å². The van der Waals surface area contributed by atoms with Crippen molar-refractivity contribution in [2.24, 2.45) is 5.92 Å². The average molecular weight is 463 g/mol. The van der Waals surface area contributed by atoms with Crippen LogP contribution < -0.4 is 15.4 Å². The lowest BCUT2D eigenvalue weighted by Gasteiger charge is -2.41. The van der Waals surface area contributed by atoms with Crippen LogP contribution in [0.25, 0.3) is 0 Å². The molecule has 32 heavy (non-hydrogen) atoms. The fourth-order valence-corrected chi connectivity index (χ4v) is 5.69. The van der Waals surface area contributed by atoms with E-state index < -0.39 is 38.4 Å². The molecule has 1 saturated heterocycles. The van der Waals surface area contributed by atoms with Gasteiger partial charge in [0.1, 0.15) is 11.2 Å². The largest absolute Gasteiger partial charge is 0.380 e. The number of fused-ring (bicyclic) bond motifs is 1. The second-order valence-electron chi connectivity index (χ2n) is 8.50. The van der Waals surface area contributed by atoms with Gasteiger partial charge >= 0.3 is 0 Å². The molecule has 6 nitrogen and oxygen atoms in total. The minimum Gasteiger partial charge on any atom is -0.380 e. The topological polar surface area (TPSA) is 75.3 Å². The number of aromatic nitrogens is 1. The predicted octanol–water partition coefficient (Wildman–Crippen LogP) is 2.86. The number of carbonyl (C=O) groups excluding carboxylic acids is 1. The molecule has 1 aromatic heterocycles. The number of ketones is 1. The van der Waals surface area contributed by atoms with Crippen molar-refractivity contribution in [2.75, 3.05) is 13.7 Å². The molecule has 1 fully saturated rings. The number of ether oxygens (including phenoxy) is 1. The zero-order valence-electron chi connectivity index (χ0n) is 18.2. The molecular weight excluding hydrogens is 434 g/mol. The molecule has 0 radical (unpaired) electrons. The first kappa shape index (κ1) is 22.7. The lowest BCUT2D eigenvalue weighted by atomic mass is 9.78. The molecule has 1 aromatic rings. The molecule has 2 aliphatic heterocycles. The van der Waals surface area contributed by atoms with Crippen LogP contribution in [0, 0.1) is 5.92 Å². The van der Waals surface area contributed by atoms with Crippen LogP contribution in [0.15, 0.2) is 64.4 Å². The Hall–Kier alpha value is -2.49. The van der Waals surface area contributed by atoms with Gasteiger partial charge in [-0.05, 0) is 25.5 Å². The van der Waals surface area contributed by atoms with Gasteiger partial charge in [0, 0.05) is 44.0 Å². The van der Waals surface area contributed by atoms with Crippen molar-refractivity contribution in [3.05, 3.63) is 59.3 Å². The summed E-state index contributed by atoms with van der Waals surface area (Å²) >= 11 is 0. The smallest absolute Gasteiger partial charge is 0.192 e. The summed E-state index contributed by atoms with van der Waals surface area (Å²) < 4.78 is 38.8. The molecule has 1 aliphatic carbocycles. The van der Waals surface area contributed by atoms with E-state index in [1.54, 1.807) is 37.7 Å². The van der Waals surface area contributed by atoms with Crippen molar-refractivity contribution < 1.29 is 18.3 Å². The van der Waals surface area contributed by atoms with Gasteiger partial charge in [0.15, 0.2) is 11.6 Å². The van der Waals surface area contributed by atoms with Gasteiger partial charge in [-0.25, -0.2) is 13.8 Å². The molecular formula is C23H28F2N4O2S. The van der Waals surface area contributed by atoms with Crippen LogP contribution in [0.2, 0.25) is 0 Å². The Morgan fingerprint density at radius 3 is 2.88 bits per heavy atom. The van der Waals surface area contributed by atoms with E-state index in [1.165, 1.54) is 6.08 Å². The number of hydrogen-bond acceptors (Lipinski definition) is 6. The quantitative estimate of drug-likeness (QED) is 0.565. The van der Waals surface area contributed by atoms with Crippen LogP contribution in [0.4, 0.5) is 8.78 Å². The summed E-state index contributed by atoms with van der Waals surface area (Å²) in [5.41, 5.74) is -0.654. The minimum absolute atomic E-state index is 0.0266. The molecule has 172 valence electrons. The average Bonchev–Trinajstić information content (AvgIpc) is 3.12. The predicted molar refractivity (Wildman–Crippen MR) is 125 cm³/mol. The van der Waals surface area contributed by atoms with Crippen LogP contribution in [0.3, 0.4) is 0 Å². The van der Waals surface area contributed by atoms with Crippen molar-refractivity contribution in [1.82, 2.24) is 20.3 Å². The third-order valence-corrected chi connectivity index (χ3v) is 7.95. The van der Waals surface area contributed by atoms with E-state index in [9.17, 15) is 9.18 Å². The zero-order chi connectivity index (χ0) is 23.1. The lowest BCUT2D eigenvalue weighted by Crippen LogP contribution is -2.61. The normalized spacial score (nSPS) is 30.2. The number of carbonyl (C=O) groups is 1. The number of nitrogens with one attached hydrogen (secondary N) is 3. The van der Waals surface area contributed by atoms with Crippen molar-refractivity contribution in [3.8, 4) is 0 Å². The number of hydrogen-bond donors (Lipinski definition) is 3. The van der Waals surface area contributed by atoms with Crippen molar-refractivity contribution in [2.45, 2.75) is 42.7 Å². The van der Waals surface area contributed by atoms with Gasteiger partial charge in [0.2, 0.25) is 0 Å². The molecule has 3 N–H and O–H groups in total. The summed E-state index contributed by atoms with van der Waals surface area (Å²) in [6, 6.07) is 5.29. The lowest BCUT2D eigenvalue weighted by molar-refractivity contribution is -0.114. The third-order valence-electron chi connectivity index (χ3n) is 6.29. The van der Waals surface area contributed by atoms with E-state index in [-0.39, 0.29) is 24.1 Å². The van der Waals surface area contributed by atoms with E-state index in [0.717, 1.165) is 0 Å². The molecule has 3 heterocycles. The Kier molecular flexibility index (Phi) is 6.00. The van der Waals surface area contributed by atoms with E-state index in [1.807, 2.05) is 6.92 Å². The second-order valence-corrected chi connectivity index (χ2v) is 10.9. The molecule has 4 unspecified atom stereocenters. The number of rotatable bonds is 6. The number of pyridine rings is 1. The maximum absolute atomic E-state index is 15.5. The van der Waals surface area contributed by atoms with E-state index in [0.29, 0.717) is 23.6 Å². The SMILES string of the molecule is C=S(=C)(NC1=CCC(F)C(C(=O)C2=CNC3(C)NCC(OC)CC23)=C1F)c1ccccn1. The Labute approximate surface area is 187 Å². The number of allylic oxidation sites excluding steroid dienone is 3. The highest BCUT2D eigenvalue weighted by atomic mass is 32.2. The van der Waals surface area contributed by atoms with Crippen molar-refractivity contribution >= 4 is 26.9 Å². The first-order valence-corrected chi connectivity index (χ1v) is 12.4. The zero-order valence-corrected chi connectivity index (χ0v) is 19.0. The van der Waals surface area contributed by atoms with E-state index in [4.69, 9.17) is 4.74 Å². The number of Topliss-reactive ketones (excluding diaryl/α,β-unsaturated/α-hetero) is 1. The maximum Gasteiger partial charge on any atom is 0.192 e. The van der Waals surface area contributed by atoms with Gasteiger partial charge in [-0.2, -0.15) is 0 Å². The Balaban J connectivity index is 1.62. The number of piperidine rings is 1. The summed E-state index contributed by atoms with van der Waals surface area (Å²) in [4.78, 5) is 17.6. The summed E-state index contributed by atoms with van der Waals surface area (Å²) in [6.45, 7) is 2.55. The number of alkyl halides is 1. The highest BCUT2D eigenvalue weighted by Gasteiger charge is 2.48. The molecule has 0 bridgehead atoms. The first-order valence-electron chi connectivity index (χ1n) is 10.4. The van der Waals surface area contributed by atoms with E-state index in [2.05, 4.69) is 32.1 Å². The summed E-state index contributed by atoms with van der Waals surface area (Å²) in [7, 11) is -0.598. The molecule has 0 saturated carbocycles. The second kappa shape index (κ2) is 8.46. The van der Waals surface area contributed by atoms with Crippen molar-refractivity contribution in [1.29, 1.82) is 0 Å². The Morgan fingerprint density at radius 1 is 1.41 bits per heavy atom. The third kappa shape index (κ3) is 4.00. The van der Waals surface area contributed by atoms with Gasteiger partial charge in [0.05, 0.1) is 23.0 Å². The van der Waals surface area contributed by atoms with Gasteiger partial charge < -0.3 is 14.8 Å². The van der Waals surface area contributed by atoms with Gasteiger partial charge in [-0.3, -0.25) is 10.1 Å². The molecule has 0 aromatic carbocycles. The molecule has 9 heteroatoms. The van der Waals surface area contributed by atoms with Crippen molar-refractivity contribution in [3.63, 3.8) is 0 Å². The fourth-order valence-electron chi connectivity index (χ4n) is 4.39. The van der Waals surface area contributed by atoms with Gasteiger partial charge in [-0.1, -0.05) is 33.3 Å². The standard InChI is InChI=1S/C23H28F2N4O2S/c1-23-16(11-14(31-2)12-27-23)15(13-28-23)22(30)20-17(24)8-9-18(21(20)25)29-32(3,4)19-7-5-6-10-26-19/h5-7,9-10,13-14,16-17,27-29H,3-4,8,11-12H2,1-2H3. The van der Waals surface area contributed by atoms with Gasteiger partial charge in [-0.15, -0.1) is 0 Å². The monoisotopic (exact) mass is 462 g/mol. The summed E-state index contributed by atoms with van der Waals surface area (Å²) in [6.07, 6.45) is 3.22. The van der Waals surface area contributed by atoms with Gasteiger partial charge in [0.25, 0.3) is 0 Å². The van der Waals surface area contributed by atoms with Crippen LogP contribution in [-0.4, -0.2) is 54.1 Å². The molecule has 3 aliphatic rings.